The molecule has 2 N–H and O–H groups in total. The summed E-state index contributed by atoms with van der Waals surface area (Å²) in [5.74, 6) is 1.87. The van der Waals surface area contributed by atoms with Gasteiger partial charge in [0.05, 0.1) is 5.69 Å². The molecule has 1 aliphatic rings. The number of hydrogen-bond acceptors (Lipinski definition) is 4. The molecular formula is C17H18N4O. The first-order valence-corrected chi connectivity index (χ1v) is 7.64. The summed E-state index contributed by atoms with van der Waals surface area (Å²) in [7, 11) is 0. The van der Waals surface area contributed by atoms with Gasteiger partial charge in [0.15, 0.2) is 5.65 Å². The Hall–Kier alpha value is -2.40. The molecule has 1 saturated heterocycles. The molecule has 1 aromatic carbocycles. The number of aromatic hydroxyl groups is 1. The number of rotatable bonds is 3. The summed E-state index contributed by atoms with van der Waals surface area (Å²) in [4.78, 5) is 9.26. The van der Waals surface area contributed by atoms with Crippen LogP contribution in [-0.4, -0.2) is 32.7 Å². The van der Waals surface area contributed by atoms with E-state index in [1.54, 1.807) is 18.3 Å². The van der Waals surface area contributed by atoms with Crippen molar-refractivity contribution in [3.8, 4) is 11.4 Å². The van der Waals surface area contributed by atoms with Gasteiger partial charge in [0.25, 0.3) is 0 Å². The van der Waals surface area contributed by atoms with Crippen LogP contribution in [0, 0.1) is 5.92 Å². The third-order valence-corrected chi connectivity index (χ3v) is 4.21. The quantitative estimate of drug-likeness (QED) is 0.778. The van der Waals surface area contributed by atoms with E-state index in [0.29, 0.717) is 5.92 Å². The van der Waals surface area contributed by atoms with Crippen LogP contribution in [0.3, 0.4) is 0 Å². The molecule has 0 radical (unpaired) electrons. The Morgan fingerprint density at radius 2 is 2.23 bits per heavy atom. The van der Waals surface area contributed by atoms with Gasteiger partial charge in [0, 0.05) is 18.7 Å². The third kappa shape index (κ3) is 2.33. The van der Waals surface area contributed by atoms with Crippen LogP contribution in [0.4, 0.5) is 0 Å². The molecule has 1 unspecified atom stereocenters. The van der Waals surface area contributed by atoms with Gasteiger partial charge >= 0.3 is 0 Å². The van der Waals surface area contributed by atoms with Crippen LogP contribution in [0.5, 0.6) is 5.75 Å². The van der Waals surface area contributed by atoms with Gasteiger partial charge in [-0.05, 0) is 49.7 Å². The number of nitrogens with zero attached hydrogens (tertiary/aromatic N) is 3. The summed E-state index contributed by atoms with van der Waals surface area (Å²) in [5.41, 5.74) is 2.64. The van der Waals surface area contributed by atoms with Gasteiger partial charge < -0.3 is 10.4 Å². The number of aromatic nitrogens is 3. The van der Waals surface area contributed by atoms with E-state index in [9.17, 15) is 5.11 Å². The van der Waals surface area contributed by atoms with E-state index in [0.717, 1.165) is 42.2 Å². The van der Waals surface area contributed by atoms with Crippen molar-refractivity contribution in [2.45, 2.75) is 12.8 Å². The smallest absolute Gasteiger partial charge is 0.164 e. The van der Waals surface area contributed by atoms with E-state index >= 15 is 0 Å². The summed E-state index contributed by atoms with van der Waals surface area (Å²) in [6, 6.07) is 11.1. The summed E-state index contributed by atoms with van der Waals surface area (Å²) in [6.07, 6.45) is 3.87. The number of phenols is 1. The van der Waals surface area contributed by atoms with Gasteiger partial charge in [0.1, 0.15) is 17.1 Å². The Morgan fingerprint density at radius 1 is 1.27 bits per heavy atom. The fourth-order valence-electron chi connectivity index (χ4n) is 3.15. The van der Waals surface area contributed by atoms with Crippen LogP contribution < -0.4 is 5.32 Å². The molecule has 5 nitrogen and oxygen atoms in total. The lowest BCUT2D eigenvalue weighted by Crippen LogP contribution is -2.13. The Labute approximate surface area is 128 Å². The van der Waals surface area contributed by atoms with E-state index in [1.165, 1.54) is 6.42 Å². The lowest BCUT2D eigenvalue weighted by Gasteiger charge is -2.12. The topological polar surface area (TPSA) is 63.0 Å². The number of fused-ring (bicyclic) bond motifs is 1. The standard InChI is InChI=1S/C17H18N4O/c22-14-4-1-3-13(10-14)21-16(9-12-6-8-18-11-12)20-15-5-2-7-19-17(15)21/h1-5,7,10,12,18,22H,6,8-9,11H2. The number of imidazole rings is 1. The average molecular weight is 294 g/mol. The third-order valence-electron chi connectivity index (χ3n) is 4.21. The molecule has 1 atom stereocenters. The molecule has 112 valence electrons. The van der Waals surface area contributed by atoms with Crippen molar-refractivity contribution in [2.75, 3.05) is 13.1 Å². The Kier molecular flexibility index (Phi) is 3.27. The van der Waals surface area contributed by atoms with Crippen molar-refractivity contribution in [1.29, 1.82) is 0 Å². The molecule has 1 fully saturated rings. The second kappa shape index (κ2) is 5.42. The van der Waals surface area contributed by atoms with Gasteiger partial charge in [-0.3, -0.25) is 4.57 Å². The minimum atomic E-state index is 0.253. The van der Waals surface area contributed by atoms with Crippen molar-refractivity contribution < 1.29 is 5.11 Å². The monoisotopic (exact) mass is 294 g/mol. The molecule has 4 rings (SSSR count). The van der Waals surface area contributed by atoms with Crippen molar-refractivity contribution in [2.24, 2.45) is 5.92 Å². The molecule has 3 aromatic rings. The molecule has 22 heavy (non-hydrogen) atoms. The van der Waals surface area contributed by atoms with Crippen LogP contribution in [0.25, 0.3) is 16.9 Å². The van der Waals surface area contributed by atoms with Gasteiger partial charge in [-0.1, -0.05) is 6.07 Å². The normalized spacial score (nSPS) is 18.1. The van der Waals surface area contributed by atoms with Crippen LogP contribution in [-0.2, 0) is 6.42 Å². The first-order valence-electron chi connectivity index (χ1n) is 7.64. The molecule has 0 spiro atoms. The first-order chi connectivity index (χ1) is 10.8. The number of hydrogen-bond donors (Lipinski definition) is 2. The average Bonchev–Trinajstić information content (AvgIpc) is 3.14. The summed E-state index contributed by atoms with van der Waals surface area (Å²) < 4.78 is 2.06. The minimum Gasteiger partial charge on any atom is -0.508 e. The zero-order chi connectivity index (χ0) is 14.9. The summed E-state index contributed by atoms with van der Waals surface area (Å²) in [5, 5.41) is 13.2. The SMILES string of the molecule is Oc1cccc(-n2c(CC3CCNC3)nc3cccnc32)c1. The second-order valence-corrected chi connectivity index (χ2v) is 5.79. The summed E-state index contributed by atoms with van der Waals surface area (Å²) >= 11 is 0. The highest BCUT2D eigenvalue weighted by Gasteiger charge is 2.20. The van der Waals surface area contributed by atoms with Crippen molar-refractivity contribution in [3.63, 3.8) is 0 Å². The van der Waals surface area contributed by atoms with Crippen LogP contribution in [0.1, 0.15) is 12.2 Å². The molecule has 1 aliphatic heterocycles. The molecule has 2 aromatic heterocycles. The zero-order valence-corrected chi connectivity index (χ0v) is 12.2. The van der Waals surface area contributed by atoms with Gasteiger partial charge in [-0.15, -0.1) is 0 Å². The van der Waals surface area contributed by atoms with Crippen LogP contribution in [0.2, 0.25) is 0 Å². The predicted molar refractivity (Wildman–Crippen MR) is 85.2 cm³/mol. The highest BCUT2D eigenvalue weighted by Crippen LogP contribution is 2.25. The highest BCUT2D eigenvalue weighted by molar-refractivity contribution is 5.74. The molecule has 0 aliphatic carbocycles. The van der Waals surface area contributed by atoms with E-state index in [1.807, 2.05) is 24.3 Å². The fraction of sp³-hybridized carbons (Fsp3) is 0.294. The van der Waals surface area contributed by atoms with E-state index in [-0.39, 0.29) is 5.75 Å². The van der Waals surface area contributed by atoms with Crippen LogP contribution in [0.15, 0.2) is 42.6 Å². The molecule has 5 heteroatoms. The number of nitrogens with one attached hydrogen (secondary N) is 1. The maximum absolute atomic E-state index is 9.79. The molecular weight excluding hydrogens is 276 g/mol. The molecule has 0 saturated carbocycles. The van der Waals surface area contributed by atoms with Gasteiger partial charge in [-0.2, -0.15) is 0 Å². The maximum Gasteiger partial charge on any atom is 0.164 e. The highest BCUT2D eigenvalue weighted by atomic mass is 16.3. The number of benzene rings is 1. The van der Waals surface area contributed by atoms with Crippen molar-refractivity contribution >= 4 is 11.2 Å². The number of pyridine rings is 1. The molecule has 0 bridgehead atoms. The largest absolute Gasteiger partial charge is 0.508 e. The van der Waals surface area contributed by atoms with Gasteiger partial charge in [0.2, 0.25) is 0 Å². The molecule has 3 heterocycles. The van der Waals surface area contributed by atoms with Crippen LogP contribution >= 0.6 is 0 Å². The lowest BCUT2D eigenvalue weighted by atomic mass is 10.0. The Balaban J connectivity index is 1.85. The van der Waals surface area contributed by atoms with Crippen molar-refractivity contribution in [1.82, 2.24) is 19.9 Å². The Bertz CT molecular complexity index is 805. The van der Waals surface area contributed by atoms with Crippen molar-refractivity contribution in [3.05, 3.63) is 48.4 Å². The Morgan fingerprint density at radius 3 is 3.05 bits per heavy atom. The van der Waals surface area contributed by atoms with E-state index in [4.69, 9.17) is 4.98 Å². The first kappa shape index (κ1) is 13.3. The fourth-order valence-corrected chi connectivity index (χ4v) is 3.15. The predicted octanol–water partition coefficient (Wildman–Crippen LogP) is 2.28. The maximum atomic E-state index is 9.79. The number of phenolic OH excluding ortho intramolecular Hbond substituents is 1. The van der Waals surface area contributed by atoms with Gasteiger partial charge in [-0.25, -0.2) is 9.97 Å². The lowest BCUT2D eigenvalue weighted by molar-refractivity contribution is 0.475. The summed E-state index contributed by atoms with van der Waals surface area (Å²) in [6.45, 7) is 2.12. The zero-order valence-electron chi connectivity index (χ0n) is 12.2. The molecule has 0 amide bonds. The van der Waals surface area contributed by atoms with E-state index < -0.39 is 0 Å². The van der Waals surface area contributed by atoms with E-state index in [2.05, 4.69) is 14.9 Å². The minimum absolute atomic E-state index is 0.253. The second-order valence-electron chi connectivity index (χ2n) is 5.79.